The third kappa shape index (κ3) is 1.98. The Bertz CT molecular complexity index is 415. The molecule has 0 amide bonds. The van der Waals surface area contributed by atoms with Crippen LogP contribution in [0.4, 0.5) is 0 Å². The van der Waals surface area contributed by atoms with E-state index in [0.29, 0.717) is 12.1 Å². The van der Waals surface area contributed by atoms with Crippen LogP contribution in [0.15, 0.2) is 24.3 Å². The highest BCUT2D eigenvalue weighted by Gasteiger charge is 2.38. The summed E-state index contributed by atoms with van der Waals surface area (Å²) in [6.07, 6.45) is 3.96. The number of fused-ring (bicyclic) bond motifs is 1. The van der Waals surface area contributed by atoms with Crippen LogP contribution in [-0.2, 0) is 6.42 Å². The highest BCUT2D eigenvalue weighted by atomic mass is 15.2. The Kier molecular flexibility index (Phi) is 3.40. The van der Waals surface area contributed by atoms with E-state index in [1.165, 1.54) is 31.4 Å². The van der Waals surface area contributed by atoms with Crippen LogP contribution < -0.4 is 5.32 Å². The van der Waals surface area contributed by atoms with E-state index in [1.807, 2.05) is 0 Å². The van der Waals surface area contributed by atoms with E-state index in [-0.39, 0.29) is 0 Å². The summed E-state index contributed by atoms with van der Waals surface area (Å²) < 4.78 is 0. The zero-order chi connectivity index (χ0) is 12.5. The van der Waals surface area contributed by atoms with Gasteiger partial charge in [-0.05, 0) is 50.4 Å². The second-order valence-corrected chi connectivity index (χ2v) is 5.73. The van der Waals surface area contributed by atoms with Gasteiger partial charge in [0.05, 0.1) is 0 Å². The van der Waals surface area contributed by atoms with Crippen LogP contribution in [-0.4, -0.2) is 30.1 Å². The van der Waals surface area contributed by atoms with Crippen molar-refractivity contribution in [1.82, 2.24) is 10.2 Å². The first-order valence-electron chi connectivity index (χ1n) is 7.38. The van der Waals surface area contributed by atoms with Gasteiger partial charge < -0.3 is 5.32 Å². The van der Waals surface area contributed by atoms with Crippen LogP contribution >= 0.6 is 0 Å². The lowest BCUT2D eigenvalue weighted by Crippen LogP contribution is -2.44. The van der Waals surface area contributed by atoms with Gasteiger partial charge in [0, 0.05) is 18.1 Å². The number of benzene rings is 1. The molecule has 98 valence electrons. The Hall–Kier alpha value is -0.860. The Morgan fingerprint density at radius 2 is 2.17 bits per heavy atom. The molecule has 3 atom stereocenters. The largest absolute Gasteiger partial charge is 0.309 e. The maximum absolute atomic E-state index is 3.71. The van der Waals surface area contributed by atoms with Crippen LogP contribution in [0.25, 0.3) is 0 Å². The standard InChI is InChI=1S/C16H24N2/c1-3-17-16-14-9-5-4-8-13(14)11-15(16)18-10-6-7-12(18)2/h4-5,8-9,12,15-17H,3,6-7,10-11H2,1-2H3. The summed E-state index contributed by atoms with van der Waals surface area (Å²) in [5.74, 6) is 0. The maximum Gasteiger partial charge on any atom is 0.0484 e. The molecule has 1 aromatic carbocycles. The number of likely N-dealkylation sites (N-methyl/N-ethyl adjacent to an activating group) is 1. The fraction of sp³-hybridized carbons (Fsp3) is 0.625. The zero-order valence-electron chi connectivity index (χ0n) is 11.5. The van der Waals surface area contributed by atoms with E-state index in [9.17, 15) is 0 Å². The van der Waals surface area contributed by atoms with Crippen molar-refractivity contribution in [3.63, 3.8) is 0 Å². The number of hydrogen-bond donors (Lipinski definition) is 1. The second-order valence-electron chi connectivity index (χ2n) is 5.73. The molecule has 0 radical (unpaired) electrons. The number of hydrogen-bond acceptors (Lipinski definition) is 2. The highest BCUT2D eigenvalue weighted by molar-refractivity contribution is 5.37. The molecule has 0 bridgehead atoms. The quantitative estimate of drug-likeness (QED) is 0.879. The summed E-state index contributed by atoms with van der Waals surface area (Å²) in [5, 5.41) is 3.71. The molecule has 2 aliphatic rings. The number of likely N-dealkylation sites (tertiary alicyclic amines) is 1. The first kappa shape index (κ1) is 12.2. The molecule has 1 aromatic rings. The number of nitrogens with one attached hydrogen (secondary N) is 1. The van der Waals surface area contributed by atoms with Gasteiger partial charge in [-0.3, -0.25) is 4.90 Å². The SMILES string of the molecule is CCNC1c2ccccc2CC1N1CCCC1C. The third-order valence-corrected chi connectivity index (χ3v) is 4.66. The van der Waals surface area contributed by atoms with Gasteiger partial charge in [0.25, 0.3) is 0 Å². The van der Waals surface area contributed by atoms with Crippen LogP contribution in [0.2, 0.25) is 0 Å². The zero-order valence-corrected chi connectivity index (χ0v) is 11.5. The molecule has 2 nitrogen and oxygen atoms in total. The van der Waals surface area contributed by atoms with Gasteiger partial charge >= 0.3 is 0 Å². The average molecular weight is 244 g/mol. The smallest absolute Gasteiger partial charge is 0.0484 e. The summed E-state index contributed by atoms with van der Waals surface area (Å²) in [7, 11) is 0. The Morgan fingerprint density at radius 3 is 2.89 bits per heavy atom. The third-order valence-electron chi connectivity index (χ3n) is 4.66. The van der Waals surface area contributed by atoms with Gasteiger partial charge in [-0.2, -0.15) is 0 Å². The highest BCUT2D eigenvalue weighted by Crippen LogP contribution is 2.37. The van der Waals surface area contributed by atoms with E-state index >= 15 is 0 Å². The Morgan fingerprint density at radius 1 is 1.33 bits per heavy atom. The molecule has 1 N–H and O–H groups in total. The molecule has 0 saturated carbocycles. The van der Waals surface area contributed by atoms with Crippen LogP contribution in [0.1, 0.15) is 43.9 Å². The lowest BCUT2D eigenvalue weighted by atomic mass is 10.1. The molecular weight excluding hydrogens is 220 g/mol. The lowest BCUT2D eigenvalue weighted by molar-refractivity contribution is 0.161. The summed E-state index contributed by atoms with van der Waals surface area (Å²) >= 11 is 0. The van der Waals surface area contributed by atoms with E-state index in [4.69, 9.17) is 0 Å². The van der Waals surface area contributed by atoms with Crippen molar-refractivity contribution in [2.45, 2.75) is 51.2 Å². The monoisotopic (exact) mass is 244 g/mol. The minimum Gasteiger partial charge on any atom is -0.309 e. The van der Waals surface area contributed by atoms with Crippen molar-refractivity contribution in [3.8, 4) is 0 Å². The normalized spacial score (nSPS) is 31.8. The summed E-state index contributed by atoms with van der Waals surface area (Å²) in [6, 6.07) is 10.9. The Labute approximate surface area is 110 Å². The molecule has 1 heterocycles. The van der Waals surface area contributed by atoms with Gasteiger partial charge in [-0.1, -0.05) is 31.2 Å². The molecule has 3 rings (SSSR count). The van der Waals surface area contributed by atoms with E-state index in [2.05, 4.69) is 48.3 Å². The van der Waals surface area contributed by atoms with Crippen molar-refractivity contribution in [1.29, 1.82) is 0 Å². The Balaban J connectivity index is 1.88. The van der Waals surface area contributed by atoms with E-state index in [0.717, 1.165) is 12.6 Å². The molecule has 0 spiro atoms. The second kappa shape index (κ2) is 5.02. The lowest BCUT2D eigenvalue weighted by Gasteiger charge is -2.33. The van der Waals surface area contributed by atoms with Gasteiger partial charge in [0.1, 0.15) is 0 Å². The molecule has 1 fully saturated rings. The van der Waals surface area contributed by atoms with Gasteiger partial charge in [0.15, 0.2) is 0 Å². The molecule has 1 aliphatic carbocycles. The maximum atomic E-state index is 3.71. The molecule has 1 saturated heterocycles. The van der Waals surface area contributed by atoms with E-state index in [1.54, 1.807) is 5.56 Å². The molecule has 2 heteroatoms. The van der Waals surface area contributed by atoms with Crippen molar-refractivity contribution in [3.05, 3.63) is 35.4 Å². The number of nitrogens with zero attached hydrogens (tertiary/aromatic N) is 1. The van der Waals surface area contributed by atoms with Crippen LogP contribution in [0.5, 0.6) is 0 Å². The van der Waals surface area contributed by atoms with Crippen molar-refractivity contribution >= 4 is 0 Å². The van der Waals surface area contributed by atoms with Crippen molar-refractivity contribution in [2.24, 2.45) is 0 Å². The fourth-order valence-corrected chi connectivity index (χ4v) is 3.80. The van der Waals surface area contributed by atoms with Gasteiger partial charge in [-0.15, -0.1) is 0 Å². The molecule has 3 unspecified atom stereocenters. The predicted octanol–water partition coefficient (Wildman–Crippen LogP) is 2.75. The molecular formula is C16H24N2. The van der Waals surface area contributed by atoms with Gasteiger partial charge in [0.2, 0.25) is 0 Å². The molecule has 1 aliphatic heterocycles. The average Bonchev–Trinajstić information content (AvgIpc) is 2.94. The minimum absolute atomic E-state index is 0.534. The predicted molar refractivity (Wildman–Crippen MR) is 75.8 cm³/mol. The van der Waals surface area contributed by atoms with E-state index < -0.39 is 0 Å². The minimum atomic E-state index is 0.534. The molecule has 18 heavy (non-hydrogen) atoms. The first-order valence-corrected chi connectivity index (χ1v) is 7.38. The summed E-state index contributed by atoms with van der Waals surface area (Å²) in [4.78, 5) is 2.73. The number of rotatable bonds is 3. The molecule has 0 aromatic heterocycles. The van der Waals surface area contributed by atoms with Crippen molar-refractivity contribution < 1.29 is 0 Å². The van der Waals surface area contributed by atoms with Gasteiger partial charge in [-0.25, -0.2) is 0 Å². The first-order chi connectivity index (χ1) is 8.81. The van der Waals surface area contributed by atoms with Crippen LogP contribution in [0, 0.1) is 0 Å². The fourth-order valence-electron chi connectivity index (χ4n) is 3.80. The summed E-state index contributed by atoms with van der Waals surface area (Å²) in [5.41, 5.74) is 3.08. The van der Waals surface area contributed by atoms with Crippen LogP contribution in [0.3, 0.4) is 0 Å². The topological polar surface area (TPSA) is 15.3 Å². The van der Waals surface area contributed by atoms with Crippen molar-refractivity contribution in [2.75, 3.05) is 13.1 Å². The summed E-state index contributed by atoms with van der Waals surface area (Å²) in [6.45, 7) is 6.93.